The maximum absolute atomic E-state index is 13.0. The fourth-order valence-corrected chi connectivity index (χ4v) is 4.15. The summed E-state index contributed by atoms with van der Waals surface area (Å²) in [7, 11) is 1.93. The summed E-state index contributed by atoms with van der Waals surface area (Å²) in [5, 5.41) is 5.22. The molecule has 3 rings (SSSR count). The van der Waals surface area contributed by atoms with E-state index in [0.29, 0.717) is 5.92 Å². The van der Waals surface area contributed by atoms with E-state index in [0.717, 1.165) is 5.70 Å². The van der Waals surface area contributed by atoms with E-state index in [9.17, 15) is 4.79 Å². The lowest BCUT2D eigenvalue weighted by atomic mass is 9.81. The lowest BCUT2D eigenvalue weighted by molar-refractivity contribution is -0.127. The molecule has 2 aliphatic rings. The highest BCUT2D eigenvalue weighted by atomic mass is 16.2. The molecule has 1 aliphatic carbocycles. The Morgan fingerprint density at radius 1 is 1.26 bits per heavy atom. The largest absolute Gasteiger partial charge is 0.350 e. The number of nitrogens with one attached hydrogen (secondary N) is 2. The summed E-state index contributed by atoms with van der Waals surface area (Å²) in [6.45, 7) is 10.6. The number of hydrogen-bond donors (Lipinski definition) is 2. The van der Waals surface area contributed by atoms with Crippen molar-refractivity contribution in [1.29, 1.82) is 0 Å². The van der Waals surface area contributed by atoms with Crippen molar-refractivity contribution in [3.05, 3.63) is 47.2 Å². The molecule has 1 aromatic rings. The smallest absolute Gasteiger partial charge is 0.246 e. The number of amides is 1. The zero-order valence-electron chi connectivity index (χ0n) is 14.9. The molecule has 2 N–H and O–H groups in total. The Morgan fingerprint density at radius 3 is 2.48 bits per heavy atom. The van der Waals surface area contributed by atoms with Crippen LogP contribution >= 0.6 is 0 Å². The lowest BCUT2D eigenvalue weighted by Gasteiger charge is -2.34. The first kappa shape index (κ1) is 16.1. The summed E-state index contributed by atoms with van der Waals surface area (Å²) in [5.74, 6) is 0.330. The van der Waals surface area contributed by atoms with E-state index in [1.807, 2.05) is 32.0 Å². The van der Waals surface area contributed by atoms with Gasteiger partial charge in [-0.15, -0.1) is 0 Å². The van der Waals surface area contributed by atoms with Gasteiger partial charge < -0.3 is 10.3 Å². The molecule has 0 bridgehead atoms. The third kappa shape index (κ3) is 2.36. The van der Waals surface area contributed by atoms with E-state index in [4.69, 9.17) is 0 Å². The number of hydrogen-bond acceptors (Lipinski definition) is 3. The van der Waals surface area contributed by atoms with Gasteiger partial charge >= 0.3 is 0 Å². The average Bonchev–Trinajstić information content (AvgIpc) is 2.86. The first-order valence-corrected chi connectivity index (χ1v) is 8.28. The zero-order valence-corrected chi connectivity index (χ0v) is 14.9. The van der Waals surface area contributed by atoms with Crippen LogP contribution in [0.4, 0.5) is 0 Å². The van der Waals surface area contributed by atoms with E-state index in [2.05, 4.69) is 55.8 Å². The van der Waals surface area contributed by atoms with Gasteiger partial charge in [0.15, 0.2) is 0 Å². The molecule has 23 heavy (non-hydrogen) atoms. The van der Waals surface area contributed by atoms with Crippen LogP contribution in [0, 0.1) is 0 Å². The summed E-state index contributed by atoms with van der Waals surface area (Å²) in [6, 6.07) is 8.62. The molecule has 1 aliphatic heterocycles. The highest BCUT2D eigenvalue weighted by Crippen LogP contribution is 2.45. The molecule has 0 aromatic heterocycles. The van der Waals surface area contributed by atoms with Crippen molar-refractivity contribution in [2.24, 2.45) is 0 Å². The summed E-state index contributed by atoms with van der Waals surface area (Å²) in [5.41, 5.74) is 6.22. The molecule has 1 amide bonds. The van der Waals surface area contributed by atoms with Crippen LogP contribution in [0.5, 0.6) is 0 Å². The molecule has 4 heteroatoms. The van der Waals surface area contributed by atoms with Crippen molar-refractivity contribution >= 4 is 5.91 Å². The first-order chi connectivity index (χ1) is 10.7. The quantitative estimate of drug-likeness (QED) is 0.882. The van der Waals surface area contributed by atoms with E-state index in [-0.39, 0.29) is 17.4 Å². The fourth-order valence-electron chi connectivity index (χ4n) is 4.15. The Hall–Kier alpha value is -1.81. The van der Waals surface area contributed by atoms with Crippen molar-refractivity contribution in [3.8, 4) is 0 Å². The molecule has 0 saturated heterocycles. The average molecular weight is 313 g/mol. The topological polar surface area (TPSA) is 44.4 Å². The van der Waals surface area contributed by atoms with Crippen LogP contribution in [0.2, 0.25) is 0 Å². The van der Waals surface area contributed by atoms with Gasteiger partial charge in [0.1, 0.15) is 5.54 Å². The molecular weight excluding hydrogens is 286 g/mol. The Labute approximate surface area is 138 Å². The van der Waals surface area contributed by atoms with Crippen LogP contribution in [-0.4, -0.2) is 29.5 Å². The molecule has 4 nitrogen and oxygen atoms in total. The monoisotopic (exact) mass is 313 g/mol. The molecule has 1 aromatic carbocycles. The van der Waals surface area contributed by atoms with Gasteiger partial charge in [-0.2, -0.15) is 0 Å². The van der Waals surface area contributed by atoms with Crippen molar-refractivity contribution in [3.63, 3.8) is 0 Å². The van der Waals surface area contributed by atoms with Gasteiger partial charge in [-0.1, -0.05) is 45.0 Å². The minimum absolute atomic E-state index is 0.0268. The third-order valence-corrected chi connectivity index (χ3v) is 5.61. The molecule has 0 saturated carbocycles. The van der Waals surface area contributed by atoms with Gasteiger partial charge in [0.25, 0.3) is 0 Å². The zero-order chi connectivity index (χ0) is 17.0. The molecule has 0 spiro atoms. The molecule has 3 atom stereocenters. The molecule has 124 valence electrons. The maximum Gasteiger partial charge on any atom is 0.246 e. The highest BCUT2D eigenvalue weighted by Gasteiger charge is 2.47. The van der Waals surface area contributed by atoms with Crippen LogP contribution in [0.15, 0.2) is 36.0 Å². The second kappa shape index (κ2) is 5.10. The highest BCUT2D eigenvalue weighted by molar-refractivity contribution is 5.89. The lowest BCUT2D eigenvalue weighted by Crippen LogP contribution is -2.58. The molecule has 0 fully saturated rings. The van der Waals surface area contributed by atoms with Crippen LogP contribution < -0.4 is 10.7 Å². The number of carbonyl (C=O) groups is 1. The number of benzene rings is 1. The van der Waals surface area contributed by atoms with E-state index >= 15 is 0 Å². The summed E-state index contributed by atoms with van der Waals surface area (Å²) in [6.07, 6.45) is 1.99. The summed E-state index contributed by atoms with van der Waals surface area (Å²) in [4.78, 5) is 13.0. The normalized spacial score (nSPS) is 31.7. The van der Waals surface area contributed by atoms with Crippen molar-refractivity contribution in [1.82, 2.24) is 15.8 Å². The number of nitrogens with zero attached hydrogens (tertiary/aromatic N) is 1. The molecular formula is C19H27N3O. The molecule has 0 radical (unpaired) electrons. The second-order valence-corrected chi connectivity index (χ2v) is 7.71. The van der Waals surface area contributed by atoms with Crippen LogP contribution in [-0.2, 0) is 10.2 Å². The second-order valence-electron chi connectivity index (χ2n) is 7.71. The third-order valence-electron chi connectivity index (χ3n) is 5.61. The Bertz CT molecular complexity index is 679. The van der Waals surface area contributed by atoms with Gasteiger partial charge in [-0.3, -0.25) is 4.79 Å². The SMILES string of the molecule is CC1=CC(C)(C(=O)NC2C(C)c3ccccc3C2(C)C)NN1C. The minimum atomic E-state index is -0.691. The summed E-state index contributed by atoms with van der Waals surface area (Å²) >= 11 is 0. The van der Waals surface area contributed by atoms with Crippen LogP contribution in [0.3, 0.4) is 0 Å². The van der Waals surface area contributed by atoms with Crippen molar-refractivity contribution in [2.45, 2.75) is 57.5 Å². The first-order valence-electron chi connectivity index (χ1n) is 8.28. The van der Waals surface area contributed by atoms with E-state index in [1.165, 1.54) is 11.1 Å². The van der Waals surface area contributed by atoms with Crippen molar-refractivity contribution < 1.29 is 4.79 Å². The van der Waals surface area contributed by atoms with Gasteiger partial charge in [0, 0.05) is 30.1 Å². The van der Waals surface area contributed by atoms with Crippen LogP contribution in [0.25, 0.3) is 0 Å². The Morgan fingerprint density at radius 2 is 1.91 bits per heavy atom. The predicted octanol–water partition coefficient (Wildman–Crippen LogP) is 2.68. The maximum atomic E-state index is 13.0. The van der Waals surface area contributed by atoms with Gasteiger partial charge in [-0.05, 0) is 31.1 Å². The Kier molecular flexibility index (Phi) is 3.56. The summed E-state index contributed by atoms with van der Waals surface area (Å²) < 4.78 is 0. The number of hydrazine groups is 1. The fraction of sp³-hybridized carbons (Fsp3) is 0.526. The number of fused-ring (bicyclic) bond motifs is 1. The minimum Gasteiger partial charge on any atom is -0.350 e. The molecule has 1 heterocycles. The molecule has 3 unspecified atom stereocenters. The van der Waals surface area contributed by atoms with Gasteiger partial charge in [-0.25, -0.2) is 5.43 Å². The number of allylic oxidation sites excluding steroid dienone is 1. The van der Waals surface area contributed by atoms with Gasteiger partial charge in [0.05, 0.1) is 0 Å². The van der Waals surface area contributed by atoms with E-state index < -0.39 is 5.54 Å². The number of rotatable bonds is 2. The van der Waals surface area contributed by atoms with E-state index in [1.54, 1.807) is 0 Å². The van der Waals surface area contributed by atoms with Gasteiger partial charge in [0.2, 0.25) is 5.91 Å². The van der Waals surface area contributed by atoms with Crippen LogP contribution in [0.1, 0.15) is 51.7 Å². The Balaban J connectivity index is 1.86. The predicted molar refractivity (Wildman–Crippen MR) is 92.9 cm³/mol. The number of carbonyl (C=O) groups excluding carboxylic acids is 1. The van der Waals surface area contributed by atoms with Crippen molar-refractivity contribution in [2.75, 3.05) is 7.05 Å². The standard InChI is InChI=1S/C19H27N3O/c1-12-11-19(5,21-22(12)6)17(23)20-16-13(2)14-9-7-8-10-15(14)18(16,3)4/h7-11,13,16,21H,1-6H3,(H,20,23).